The van der Waals surface area contributed by atoms with Crippen molar-refractivity contribution in [1.82, 2.24) is 25.1 Å². The van der Waals surface area contributed by atoms with Gasteiger partial charge in [-0.05, 0) is 48.6 Å². The maximum Gasteiger partial charge on any atom is 0.453 e. The lowest BCUT2D eigenvalue weighted by Gasteiger charge is -2.33. The van der Waals surface area contributed by atoms with Gasteiger partial charge in [0, 0.05) is 19.0 Å². The van der Waals surface area contributed by atoms with E-state index in [1.54, 1.807) is 13.2 Å². The van der Waals surface area contributed by atoms with Crippen LogP contribution in [-0.2, 0) is 11.0 Å². The van der Waals surface area contributed by atoms with E-state index in [4.69, 9.17) is 4.74 Å². The highest BCUT2D eigenvalue weighted by atomic mass is 19.4. The van der Waals surface area contributed by atoms with Gasteiger partial charge in [-0.25, -0.2) is 0 Å². The van der Waals surface area contributed by atoms with E-state index in [0.29, 0.717) is 31.7 Å². The molecule has 4 rings (SSSR count). The Morgan fingerprint density at radius 2 is 1.76 bits per heavy atom. The average Bonchev–Trinajstić information content (AvgIpc) is 3.26. The molecule has 1 atom stereocenters. The number of ether oxygens (including phenoxy) is 1. The molecule has 2 aromatic heterocycles. The second kappa shape index (κ2) is 9.47. The molecule has 34 heavy (non-hydrogen) atoms. The molecular weight excluding hydrogens is 449 g/mol. The predicted octanol–water partition coefficient (Wildman–Crippen LogP) is 3.88. The Hall–Kier alpha value is -3.37. The number of piperidine rings is 1. The van der Waals surface area contributed by atoms with E-state index in [9.17, 15) is 18.0 Å². The van der Waals surface area contributed by atoms with Crippen molar-refractivity contribution in [2.75, 3.05) is 25.1 Å². The molecule has 0 aliphatic carbocycles. The fraction of sp³-hybridized carbons (Fsp3) is 0.478. The molecule has 182 valence electrons. The summed E-state index contributed by atoms with van der Waals surface area (Å²) >= 11 is 0. The zero-order chi connectivity index (χ0) is 24.5. The van der Waals surface area contributed by atoms with Gasteiger partial charge in [0.2, 0.25) is 5.91 Å². The lowest BCUT2D eigenvalue weighted by molar-refractivity contribution is -0.146. The van der Waals surface area contributed by atoms with E-state index in [1.165, 1.54) is 6.07 Å². The summed E-state index contributed by atoms with van der Waals surface area (Å²) in [5, 5.41) is 14.0. The van der Waals surface area contributed by atoms with Crippen LogP contribution in [0.4, 0.5) is 19.0 Å². The standard InChI is InChI=1S/C23H27F3N6O2/c1-14(2)20(15-4-6-17(34-3)7-5-15)27-21(33)16-10-12-31(13-11-16)19-9-8-18-28-29-22(23(24,25)26)32(18)30-19/h4-9,14,16,20H,10-13H2,1-3H3,(H,27,33)/t20-/m1/s1. The molecule has 0 bridgehead atoms. The quantitative estimate of drug-likeness (QED) is 0.581. The lowest BCUT2D eigenvalue weighted by atomic mass is 9.92. The van der Waals surface area contributed by atoms with E-state index < -0.39 is 12.0 Å². The van der Waals surface area contributed by atoms with Crippen LogP contribution in [0.25, 0.3) is 5.65 Å². The van der Waals surface area contributed by atoms with Gasteiger partial charge in [-0.15, -0.1) is 15.3 Å². The molecule has 11 heteroatoms. The van der Waals surface area contributed by atoms with E-state index in [-0.39, 0.29) is 29.4 Å². The summed E-state index contributed by atoms with van der Waals surface area (Å²) in [4.78, 5) is 14.9. The van der Waals surface area contributed by atoms with E-state index >= 15 is 0 Å². The zero-order valence-electron chi connectivity index (χ0n) is 19.2. The Balaban J connectivity index is 1.41. The van der Waals surface area contributed by atoms with Crippen molar-refractivity contribution in [2.24, 2.45) is 11.8 Å². The Labute approximate surface area is 195 Å². The van der Waals surface area contributed by atoms with Crippen LogP contribution in [0.3, 0.4) is 0 Å². The zero-order valence-corrected chi connectivity index (χ0v) is 19.2. The minimum atomic E-state index is -4.65. The number of aromatic nitrogens is 4. The van der Waals surface area contributed by atoms with Crippen molar-refractivity contribution < 1.29 is 22.7 Å². The van der Waals surface area contributed by atoms with Crippen molar-refractivity contribution >= 4 is 17.4 Å². The molecule has 1 fully saturated rings. The SMILES string of the molecule is COc1ccc([C@H](NC(=O)C2CCN(c3ccc4nnc(C(F)(F)F)n4n3)CC2)C(C)C)cc1. The molecule has 0 unspecified atom stereocenters. The number of alkyl halides is 3. The van der Waals surface area contributed by atoms with Crippen LogP contribution in [-0.4, -0.2) is 45.9 Å². The minimum absolute atomic E-state index is 0.0178. The van der Waals surface area contributed by atoms with Gasteiger partial charge >= 0.3 is 6.18 Å². The number of fused-ring (bicyclic) bond motifs is 1. The molecule has 0 saturated carbocycles. The Kier molecular flexibility index (Phi) is 6.63. The maximum atomic E-state index is 13.2. The summed E-state index contributed by atoms with van der Waals surface area (Å²) in [6.45, 7) is 5.13. The number of benzene rings is 1. The van der Waals surface area contributed by atoms with Crippen LogP contribution < -0.4 is 15.0 Å². The Morgan fingerprint density at radius 1 is 1.09 bits per heavy atom. The molecule has 1 aliphatic heterocycles. The average molecular weight is 477 g/mol. The molecule has 3 aromatic rings. The van der Waals surface area contributed by atoms with Gasteiger partial charge in [0.15, 0.2) is 5.65 Å². The summed E-state index contributed by atoms with van der Waals surface area (Å²) in [6.07, 6.45) is -3.49. The number of carbonyl (C=O) groups is 1. The van der Waals surface area contributed by atoms with Crippen molar-refractivity contribution in [2.45, 2.75) is 38.9 Å². The van der Waals surface area contributed by atoms with E-state index in [1.807, 2.05) is 29.2 Å². The predicted molar refractivity (Wildman–Crippen MR) is 119 cm³/mol. The number of amides is 1. The number of anilines is 1. The molecule has 1 amide bonds. The number of hydrogen-bond donors (Lipinski definition) is 1. The molecule has 1 aromatic carbocycles. The van der Waals surface area contributed by atoms with Crippen LogP contribution in [0, 0.1) is 11.8 Å². The smallest absolute Gasteiger partial charge is 0.453 e. The second-order valence-electron chi connectivity index (χ2n) is 8.75. The van der Waals surface area contributed by atoms with Gasteiger partial charge in [0.25, 0.3) is 5.82 Å². The molecule has 3 heterocycles. The summed E-state index contributed by atoms with van der Waals surface area (Å²) in [5.41, 5.74) is 1.04. The fourth-order valence-corrected chi connectivity index (χ4v) is 4.21. The number of nitrogens with zero attached hydrogens (tertiary/aromatic N) is 5. The monoisotopic (exact) mass is 476 g/mol. The summed E-state index contributed by atoms with van der Waals surface area (Å²) in [5.74, 6) is -0.00625. The first-order valence-electron chi connectivity index (χ1n) is 11.2. The molecular formula is C23H27F3N6O2. The fourth-order valence-electron chi connectivity index (χ4n) is 4.21. The van der Waals surface area contributed by atoms with Gasteiger partial charge in [-0.2, -0.15) is 17.7 Å². The topological polar surface area (TPSA) is 84.6 Å². The molecule has 1 saturated heterocycles. The highest BCUT2D eigenvalue weighted by molar-refractivity contribution is 5.79. The van der Waals surface area contributed by atoms with Crippen molar-refractivity contribution in [1.29, 1.82) is 0 Å². The van der Waals surface area contributed by atoms with Gasteiger partial charge in [0.05, 0.1) is 13.2 Å². The first-order valence-corrected chi connectivity index (χ1v) is 11.2. The number of carbonyl (C=O) groups excluding carboxylic acids is 1. The first kappa shape index (κ1) is 23.8. The molecule has 1 N–H and O–H groups in total. The normalized spacial score (nSPS) is 16.1. The number of nitrogens with one attached hydrogen (secondary N) is 1. The summed E-state index contributed by atoms with van der Waals surface area (Å²) in [6, 6.07) is 10.6. The molecule has 0 radical (unpaired) electrons. The summed E-state index contributed by atoms with van der Waals surface area (Å²) < 4.78 is 45.4. The van der Waals surface area contributed by atoms with Crippen molar-refractivity contribution in [3.8, 4) is 5.75 Å². The number of hydrogen-bond acceptors (Lipinski definition) is 6. The summed E-state index contributed by atoms with van der Waals surface area (Å²) in [7, 11) is 1.61. The van der Waals surface area contributed by atoms with Crippen molar-refractivity contribution in [3.63, 3.8) is 0 Å². The lowest BCUT2D eigenvalue weighted by Crippen LogP contribution is -2.42. The van der Waals surface area contributed by atoms with Crippen LogP contribution in [0.1, 0.15) is 44.1 Å². The van der Waals surface area contributed by atoms with Crippen LogP contribution in [0.2, 0.25) is 0 Å². The van der Waals surface area contributed by atoms with Crippen LogP contribution in [0.15, 0.2) is 36.4 Å². The van der Waals surface area contributed by atoms with Gasteiger partial charge < -0.3 is 15.0 Å². The maximum absolute atomic E-state index is 13.2. The van der Waals surface area contributed by atoms with E-state index in [0.717, 1.165) is 15.8 Å². The molecule has 1 aliphatic rings. The van der Waals surface area contributed by atoms with Gasteiger partial charge in [0.1, 0.15) is 11.6 Å². The van der Waals surface area contributed by atoms with Crippen molar-refractivity contribution in [3.05, 3.63) is 47.8 Å². The van der Waals surface area contributed by atoms with Gasteiger partial charge in [-0.3, -0.25) is 4.79 Å². The number of rotatable bonds is 6. The highest BCUT2D eigenvalue weighted by Gasteiger charge is 2.38. The van der Waals surface area contributed by atoms with E-state index in [2.05, 4.69) is 34.5 Å². The third-order valence-corrected chi connectivity index (χ3v) is 6.13. The van der Waals surface area contributed by atoms with Crippen LogP contribution >= 0.6 is 0 Å². The second-order valence-corrected chi connectivity index (χ2v) is 8.75. The first-order chi connectivity index (χ1) is 16.2. The molecule has 8 nitrogen and oxygen atoms in total. The largest absolute Gasteiger partial charge is 0.497 e. The highest BCUT2D eigenvalue weighted by Crippen LogP contribution is 2.29. The number of halogens is 3. The third-order valence-electron chi connectivity index (χ3n) is 6.13. The van der Waals surface area contributed by atoms with Crippen LogP contribution in [0.5, 0.6) is 5.75 Å². The minimum Gasteiger partial charge on any atom is -0.497 e. The third kappa shape index (κ3) is 4.92. The van der Waals surface area contributed by atoms with Gasteiger partial charge in [-0.1, -0.05) is 26.0 Å². The Bertz CT molecular complexity index is 1140. The Morgan fingerprint density at radius 3 is 2.35 bits per heavy atom. The number of methoxy groups -OCH3 is 1. The molecule has 0 spiro atoms.